The van der Waals surface area contributed by atoms with Crippen molar-refractivity contribution in [3.63, 3.8) is 0 Å². The van der Waals surface area contributed by atoms with Crippen molar-refractivity contribution in [1.29, 1.82) is 5.26 Å². The van der Waals surface area contributed by atoms with Crippen molar-refractivity contribution in [3.05, 3.63) is 52.3 Å². The van der Waals surface area contributed by atoms with E-state index in [0.29, 0.717) is 68.6 Å². The normalized spacial score (nSPS) is 19.0. The number of aromatic nitrogens is 2. The first-order valence-corrected chi connectivity index (χ1v) is 14.3. The summed E-state index contributed by atoms with van der Waals surface area (Å²) in [6.45, 7) is 1.52. The third-order valence-corrected chi connectivity index (χ3v) is 11.2. The average Bonchev–Trinajstić information content (AvgIpc) is 3.83. The average molecular weight is 541 g/mol. The molecule has 2 saturated carbocycles. The van der Waals surface area contributed by atoms with E-state index in [1.165, 1.54) is 4.68 Å². The van der Waals surface area contributed by atoms with Gasteiger partial charge in [0.1, 0.15) is 5.69 Å². The summed E-state index contributed by atoms with van der Waals surface area (Å²) in [5.41, 5.74) is 7.96. The van der Waals surface area contributed by atoms with E-state index in [-0.39, 0.29) is 37.2 Å². The maximum absolute atomic E-state index is 13.7. The first-order valence-electron chi connectivity index (χ1n) is 12.8. The van der Waals surface area contributed by atoms with E-state index in [9.17, 15) is 18.0 Å². The van der Waals surface area contributed by atoms with Crippen LogP contribution in [0.1, 0.15) is 63.4 Å². The molecular weight excluding hydrogens is 508 g/mol. The number of benzene rings is 1. The van der Waals surface area contributed by atoms with Crippen LogP contribution in [0, 0.1) is 11.3 Å². The Balaban J connectivity index is 1.28. The third-order valence-electron chi connectivity index (χ3n) is 7.88. The van der Waals surface area contributed by atoms with Gasteiger partial charge in [-0.3, -0.25) is 14.3 Å². The smallest absolute Gasteiger partial charge is 0.272 e. The Kier molecular flexibility index (Phi) is 6.79. The fraction of sp³-hybridized carbons (Fsp3) is 0.538. The molecule has 2 amide bonds. The molecule has 2 aromatic rings. The summed E-state index contributed by atoms with van der Waals surface area (Å²) in [7, 11) is -1.90. The number of rotatable bonds is 11. The number of sulfone groups is 1. The number of aryl methyl sites for hydroxylation is 1. The van der Waals surface area contributed by atoms with Crippen LogP contribution in [0.5, 0.6) is 0 Å². The first kappa shape index (κ1) is 26.3. The van der Waals surface area contributed by atoms with Crippen molar-refractivity contribution in [2.75, 3.05) is 32.8 Å². The van der Waals surface area contributed by atoms with E-state index in [1.54, 1.807) is 36.2 Å². The molecule has 1 aliphatic heterocycles. The van der Waals surface area contributed by atoms with Crippen LogP contribution in [0.4, 0.5) is 0 Å². The monoisotopic (exact) mass is 540 g/mol. The summed E-state index contributed by atoms with van der Waals surface area (Å²) in [6.07, 6.45) is 2.61. The number of amides is 2. The molecule has 202 valence electrons. The molecule has 1 aromatic heterocycles. The number of ether oxygens (including phenoxy) is 1. The predicted octanol–water partition coefficient (Wildman–Crippen LogP) is 0.675. The molecule has 0 atom stereocenters. The van der Waals surface area contributed by atoms with Gasteiger partial charge >= 0.3 is 0 Å². The topological polar surface area (TPSA) is 160 Å². The molecule has 1 aromatic carbocycles. The summed E-state index contributed by atoms with van der Waals surface area (Å²) in [5.74, 6) is -0.694. The second-order valence-corrected chi connectivity index (χ2v) is 13.2. The van der Waals surface area contributed by atoms with Gasteiger partial charge < -0.3 is 20.7 Å². The van der Waals surface area contributed by atoms with Gasteiger partial charge in [0.15, 0.2) is 15.5 Å². The van der Waals surface area contributed by atoms with Gasteiger partial charge in [-0.05, 0) is 49.8 Å². The molecule has 38 heavy (non-hydrogen) atoms. The van der Waals surface area contributed by atoms with E-state index in [4.69, 9.17) is 15.7 Å². The van der Waals surface area contributed by atoms with Gasteiger partial charge in [0.25, 0.3) is 11.8 Å². The highest BCUT2D eigenvalue weighted by Gasteiger charge is 2.68. The number of carbonyl (C=O) groups excluding carboxylic acids is 2. The number of fused-ring (bicyclic) bond motifs is 1. The molecule has 0 spiro atoms. The largest absolute Gasteiger partial charge is 0.378 e. The standard InChI is InChI=1S/C26H32N6O5S/c1-31-22-20(21(30-31)23(33)29-15-19-4-2-18(14-28)3-5-19)6-12-32(24(22)34)16-25(7-8-25)38(35,36)26(9-10-26)17-37-13-11-27/h2-5H,6-13,15-17,27H2,1H3,(H,29,33). The zero-order chi connectivity index (χ0) is 27.1. The van der Waals surface area contributed by atoms with Crippen molar-refractivity contribution in [3.8, 4) is 6.07 Å². The van der Waals surface area contributed by atoms with Gasteiger partial charge in [0.05, 0.1) is 34.3 Å². The summed E-state index contributed by atoms with van der Waals surface area (Å²) in [5, 5.41) is 16.1. The maximum atomic E-state index is 13.7. The van der Waals surface area contributed by atoms with Crippen LogP contribution in [-0.2, 0) is 34.6 Å². The number of nitriles is 1. The highest BCUT2D eigenvalue weighted by Crippen LogP contribution is 2.57. The Labute approximate surface area is 221 Å². The van der Waals surface area contributed by atoms with Gasteiger partial charge in [0, 0.05) is 38.8 Å². The lowest BCUT2D eigenvalue weighted by molar-refractivity contribution is 0.0724. The van der Waals surface area contributed by atoms with E-state index < -0.39 is 19.3 Å². The Morgan fingerprint density at radius 3 is 2.50 bits per heavy atom. The number of carbonyl (C=O) groups is 2. The summed E-state index contributed by atoms with van der Waals surface area (Å²) in [4.78, 5) is 28.0. The van der Waals surface area contributed by atoms with E-state index in [1.807, 2.05) is 0 Å². The first-order chi connectivity index (χ1) is 18.2. The van der Waals surface area contributed by atoms with Crippen molar-refractivity contribution < 1.29 is 22.7 Å². The van der Waals surface area contributed by atoms with Gasteiger partial charge in [-0.25, -0.2) is 8.42 Å². The Bertz CT molecular complexity index is 1400. The highest BCUT2D eigenvalue weighted by atomic mass is 32.2. The van der Waals surface area contributed by atoms with Crippen molar-refractivity contribution in [2.24, 2.45) is 12.8 Å². The van der Waals surface area contributed by atoms with Gasteiger partial charge in [-0.15, -0.1) is 0 Å². The van der Waals surface area contributed by atoms with Gasteiger partial charge in [-0.2, -0.15) is 10.4 Å². The minimum Gasteiger partial charge on any atom is -0.378 e. The quantitative estimate of drug-likeness (QED) is 0.393. The van der Waals surface area contributed by atoms with Crippen LogP contribution in [0.2, 0.25) is 0 Å². The minimum absolute atomic E-state index is 0.137. The van der Waals surface area contributed by atoms with Crippen LogP contribution < -0.4 is 11.1 Å². The molecule has 3 aliphatic rings. The molecule has 11 nitrogen and oxygen atoms in total. The molecule has 2 fully saturated rings. The van der Waals surface area contributed by atoms with Crippen molar-refractivity contribution >= 4 is 21.7 Å². The Morgan fingerprint density at radius 2 is 1.89 bits per heavy atom. The van der Waals surface area contributed by atoms with Crippen molar-refractivity contribution in [1.82, 2.24) is 20.0 Å². The molecule has 3 N–H and O–H groups in total. The summed E-state index contributed by atoms with van der Waals surface area (Å²) < 4.78 is 32.5. The molecule has 2 heterocycles. The Morgan fingerprint density at radius 1 is 1.21 bits per heavy atom. The molecule has 0 bridgehead atoms. The number of nitrogens with two attached hydrogens (primary N) is 1. The Hall–Kier alpha value is -3.27. The summed E-state index contributed by atoms with van der Waals surface area (Å²) in [6, 6.07) is 8.96. The van der Waals surface area contributed by atoms with Gasteiger partial charge in [-0.1, -0.05) is 12.1 Å². The van der Waals surface area contributed by atoms with Crippen LogP contribution in [0.3, 0.4) is 0 Å². The van der Waals surface area contributed by atoms with E-state index in [0.717, 1.165) is 5.56 Å². The van der Waals surface area contributed by atoms with Crippen LogP contribution in [0.15, 0.2) is 24.3 Å². The number of hydrogen-bond donors (Lipinski definition) is 2. The lowest BCUT2D eigenvalue weighted by Crippen LogP contribution is -2.49. The molecular formula is C26H32N6O5S. The third kappa shape index (κ3) is 4.48. The second kappa shape index (κ2) is 9.80. The van der Waals surface area contributed by atoms with E-state index >= 15 is 0 Å². The zero-order valence-corrected chi connectivity index (χ0v) is 22.2. The molecule has 0 unspecified atom stereocenters. The van der Waals surface area contributed by atoms with Crippen LogP contribution in [-0.4, -0.2) is 77.3 Å². The van der Waals surface area contributed by atoms with Crippen LogP contribution in [0.25, 0.3) is 0 Å². The zero-order valence-electron chi connectivity index (χ0n) is 21.4. The summed E-state index contributed by atoms with van der Waals surface area (Å²) >= 11 is 0. The van der Waals surface area contributed by atoms with Gasteiger partial charge in [0.2, 0.25) is 0 Å². The number of hydrogen-bond acceptors (Lipinski definition) is 8. The molecule has 0 saturated heterocycles. The van der Waals surface area contributed by atoms with Crippen LogP contribution >= 0.6 is 0 Å². The lowest BCUT2D eigenvalue weighted by Gasteiger charge is -2.32. The molecule has 12 heteroatoms. The van der Waals surface area contributed by atoms with E-state index in [2.05, 4.69) is 16.5 Å². The second-order valence-electron chi connectivity index (χ2n) is 10.5. The molecule has 5 rings (SSSR count). The maximum Gasteiger partial charge on any atom is 0.272 e. The molecule has 2 aliphatic carbocycles. The minimum atomic E-state index is -3.52. The van der Waals surface area contributed by atoms with Crippen molar-refractivity contribution in [2.45, 2.75) is 48.1 Å². The SMILES string of the molecule is Cn1nc(C(=O)NCc2ccc(C#N)cc2)c2c1C(=O)N(CC1(S(=O)(=O)C3(COCCN)CC3)CC1)CC2. The fourth-order valence-corrected chi connectivity index (χ4v) is 8.06. The number of nitrogens with zero attached hydrogens (tertiary/aromatic N) is 4. The highest BCUT2D eigenvalue weighted by molar-refractivity contribution is 7.94. The molecule has 0 radical (unpaired) electrons. The lowest BCUT2D eigenvalue weighted by atomic mass is 10.0. The number of nitrogens with one attached hydrogen (secondary N) is 1. The predicted molar refractivity (Wildman–Crippen MR) is 138 cm³/mol. The fourth-order valence-electron chi connectivity index (χ4n) is 5.30.